The predicted molar refractivity (Wildman–Crippen MR) is 106 cm³/mol. The van der Waals surface area contributed by atoms with Crippen LogP contribution in [0.15, 0.2) is 18.2 Å². The lowest BCUT2D eigenvalue weighted by molar-refractivity contribution is -0.173. The van der Waals surface area contributed by atoms with E-state index in [0.29, 0.717) is 13.2 Å². The van der Waals surface area contributed by atoms with Crippen molar-refractivity contribution in [3.63, 3.8) is 0 Å². The monoisotopic (exact) mass is 390 g/mol. The van der Waals surface area contributed by atoms with Crippen LogP contribution in [-0.2, 0) is 37.8 Å². The van der Waals surface area contributed by atoms with E-state index >= 15 is 0 Å². The van der Waals surface area contributed by atoms with Gasteiger partial charge in [0.25, 0.3) is 0 Å². The van der Waals surface area contributed by atoms with Gasteiger partial charge in [-0.2, -0.15) is 0 Å². The van der Waals surface area contributed by atoms with Gasteiger partial charge in [0.2, 0.25) is 0 Å². The summed E-state index contributed by atoms with van der Waals surface area (Å²) < 4.78 is 23.7. The Morgan fingerprint density at radius 2 is 1.50 bits per heavy atom. The summed E-state index contributed by atoms with van der Waals surface area (Å²) in [7, 11) is 0. The number of hydrogen-bond donors (Lipinski definition) is 1. The van der Waals surface area contributed by atoms with Gasteiger partial charge in [0.1, 0.15) is 0 Å². The van der Waals surface area contributed by atoms with Crippen LogP contribution in [0.2, 0.25) is 0 Å². The third kappa shape index (κ3) is 4.95. The lowest BCUT2D eigenvalue weighted by atomic mass is 9.86. The molecule has 3 aliphatic rings. The van der Waals surface area contributed by atoms with Gasteiger partial charge in [-0.25, -0.2) is 0 Å². The topological polar surface area (TPSA) is 57.2 Å². The van der Waals surface area contributed by atoms with E-state index in [0.717, 1.165) is 94.1 Å². The molecule has 2 aliphatic heterocycles. The maximum atomic E-state index is 11.3. The number of benzene rings is 1. The number of rotatable bonds is 7. The highest BCUT2D eigenvalue weighted by atomic mass is 16.7. The molecule has 2 saturated heterocycles. The molecule has 2 atom stereocenters. The number of aliphatic hydroxyl groups is 1. The molecule has 1 saturated carbocycles. The van der Waals surface area contributed by atoms with E-state index in [2.05, 4.69) is 12.1 Å². The van der Waals surface area contributed by atoms with Crippen LogP contribution >= 0.6 is 0 Å². The van der Waals surface area contributed by atoms with Gasteiger partial charge in [-0.3, -0.25) is 0 Å². The van der Waals surface area contributed by atoms with Gasteiger partial charge in [-0.15, -0.1) is 0 Å². The van der Waals surface area contributed by atoms with Crippen molar-refractivity contribution < 1.29 is 24.1 Å². The Morgan fingerprint density at radius 3 is 2.11 bits per heavy atom. The molecule has 0 amide bonds. The van der Waals surface area contributed by atoms with Gasteiger partial charge in [0.05, 0.1) is 18.8 Å². The van der Waals surface area contributed by atoms with Gasteiger partial charge >= 0.3 is 0 Å². The largest absolute Gasteiger partial charge is 0.385 e. The van der Waals surface area contributed by atoms with Gasteiger partial charge in [-0.1, -0.05) is 31.0 Å². The van der Waals surface area contributed by atoms with Crippen molar-refractivity contribution in [3.05, 3.63) is 34.9 Å². The van der Waals surface area contributed by atoms with Crippen LogP contribution < -0.4 is 0 Å². The third-order valence-electron chi connectivity index (χ3n) is 6.32. The Balaban J connectivity index is 1.51. The quantitative estimate of drug-likeness (QED) is 0.741. The van der Waals surface area contributed by atoms with Crippen LogP contribution in [0.3, 0.4) is 0 Å². The van der Waals surface area contributed by atoms with E-state index in [1.807, 2.05) is 6.07 Å². The summed E-state index contributed by atoms with van der Waals surface area (Å²) >= 11 is 0. The molecule has 4 rings (SSSR count). The second kappa shape index (κ2) is 9.68. The molecule has 3 fully saturated rings. The minimum absolute atomic E-state index is 0.123. The summed E-state index contributed by atoms with van der Waals surface area (Å²) in [6.45, 7) is 2.48. The average molecular weight is 391 g/mol. The lowest BCUT2D eigenvalue weighted by Gasteiger charge is -2.29. The van der Waals surface area contributed by atoms with Crippen molar-refractivity contribution in [1.82, 2.24) is 0 Å². The number of hydrogen-bond acceptors (Lipinski definition) is 5. The Bertz CT molecular complexity index is 613. The maximum absolute atomic E-state index is 11.3. The van der Waals surface area contributed by atoms with Crippen molar-refractivity contribution in [2.45, 2.75) is 95.6 Å². The molecule has 5 nitrogen and oxygen atoms in total. The standard InChI is InChI=1S/C23H34O5/c24-23(12-3-4-13-23)20-9-7-8-18(16-27-21-10-1-5-14-25-21)19(20)17-28-22-11-2-6-15-26-22/h7-9,21-22,24H,1-6,10-17H2. The van der Waals surface area contributed by atoms with Gasteiger partial charge < -0.3 is 24.1 Å². The van der Waals surface area contributed by atoms with Crippen LogP contribution in [-0.4, -0.2) is 30.9 Å². The van der Waals surface area contributed by atoms with Crippen molar-refractivity contribution in [3.8, 4) is 0 Å². The Kier molecular flexibility index (Phi) is 7.02. The van der Waals surface area contributed by atoms with Crippen molar-refractivity contribution in [1.29, 1.82) is 0 Å². The molecule has 28 heavy (non-hydrogen) atoms. The first kappa shape index (κ1) is 20.3. The first-order chi connectivity index (χ1) is 13.7. The fourth-order valence-electron chi connectivity index (χ4n) is 4.65. The first-order valence-electron chi connectivity index (χ1n) is 11.0. The molecule has 2 unspecified atom stereocenters. The molecule has 0 aromatic heterocycles. The minimum Gasteiger partial charge on any atom is -0.385 e. The van der Waals surface area contributed by atoms with Gasteiger partial charge in [0, 0.05) is 13.2 Å². The summed E-state index contributed by atoms with van der Waals surface area (Å²) in [6, 6.07) is 6.18. The van der Waals surface area contributed by atoms with Crippen LogP contribution in [0.1, 0.15) is 80.9 Å². The van der Waals surface area contributed by atoms with E-state index in [1.165, 1.54) is 0 Å². The average Bonchev–Trinajstić information content (AvgIpc) is 3.20. The lowest BCUT2D eigenvalue weighted by Crippen LogP contribution is -2.27. The van der Waals surface area contributed by atoms with Crippen molar-refractivity contribution in [2.24, 2.45) is 0 Å². The zero-order chi connectivity index (χ0) is 19.2. The Labute approximate surface area is 168 Å². The third-order valence-corrected chi connectivity index (χ3v) is 6.32. The van der Waals surface area contributed by atoms with E-state index in [4.69, 9.17) is 18.9 Å². The summed E-state index contributed by atoms with van der Waals surface area (Å²) in [6.07, 6.45) is 9.91. The summed E-state index contributed by atoms with van der Waals surface area (Å²) in [5.74, 6) is 0. The fourth-order valence-corrected chi connectivity index (χ4v) is 4.65. The van der Waals surface area contributed by atoms with Gasteiger partial charge in [0.15, 0.2) is 12.6 Å². The van der Waals surface area contributed by atoms with E-state index in [9.17, 15) is 5.11 Å². The highest BCUT2D eigenvalue weighted by Gasteiger charge is 2.35. The summed E-state index contributed by atoms with van der Waals surface area (Å²) in [4.78, 5) is 0. The minimum atomic E-state index is -0.747. The van der Waals surface area contributed by atoms with Crippen molar-refractivity contribution >= 4 is 0 Å². The second-order valence-electron chi connectivity index (χ2n) is 8.40. The van der Waals surface area contributed by atoms with E-state index < -0.39 is 5.60 Å². The van der Waals surface area contributed by atoms with Crippen LogP contribution in [0.25, 0.3) is 0 Å². The number of ether oxygens (including phenoxy) is 4. The predicted octanol–water partition coefficient (Wildman–Crippen LogP) is 4.53. The molecule has 0 spiro atoms. The molecule has 1 aliphatic carbocycles. The van der Waals surface area contributed by atoms with Crippen molar-refractivity contribution in [2.75, 3.05) is 13.2 Å². The summed E-state index contributed by atoms with van der Waals surface area (Å²) in [5, 5.41) is 11.3. The molecule has 0 bridgehead atoms. The highest BCUT2D eigenvalue weighted by molar-refractivity contribution is 5.39. The molecule has 5 heteroatoms. The summed E-state index contributed by atoms with van der Waals surface area (Å²) in [5.41, 5.74) is 2.41. The SMILES string of the molecule is OC1(c2cccc(COC3CCCCO3)c2COC2CCCCO2)CCCC1. The molecule has 156 valence electrons. The van der Waals surface area contributed by atoms with E-state index in [1.54, 1.807) is 0 Å². The van der Waals surface area contributed by atoms with Crippen LogP contribution in [0.5, 0.6) is 0 Å². The zero-order valence-electron chi connectivity index (χ0n) is 16.9. The Morgan fingerprint density at radius 1 is 0.857 bits per heavy atom. The molecule has 1 aromatic rings. The van der Waals surface area contributed by atoms with Crippen LogP contribution in [0.4, 0.5) is 0 Å². The Hall–Kier alpha value is -0.980. The molecular weight excluding hydrogens is 356 g/mol. The maximum Gasteiger partial charge on any atom is 0.158 e. The van der Waals surface area contributed by atoms with Gasteiger partial charge in [-0.05, 0) is 68.1 Å². The smallest absolute Gasteiger partial charge is 0.158 e. The normalized spacial score (nSPS) is 27.8. The molecule has 0 radical (unpaired) electrons. The van der Waals surface area contributed by atoms with E-state index in [-0.39, 0.29) is 12.6 Å². The van der Waals surface area contributed by atoms with Crippen LogP contribution in [0, 0.1) is 0 Å². The molecule has 1 N–H and O–H groups in total. The second-order valence-corrected chi connectivity index (χ2v) is 8.40. The molecule has 1 aromatic carbocycles. The highest BCUT2D eigenvalue weighted by Crippen LogP contribution is 2.41. The first-order valence-corrected chi connectivity index (χ1v) is 11.0. The molecule has 2 heterocycles. The molecular formula is C23H34O5. The zero-order valence-corrected chi connectivity index (χ0v) is 16.9. The fraction of sp³-hybridized carbons (Fsp3) is 0.739.